The second kappa shape index (κ2) is 6.69. The van der Waals surface area contributed by atoms with Gasteiger partial charge in [0, 0.05) is 20.1 Å². The molecule has 0 unspecified atom stereocenters. The van der Waals surface area contributed by atoms with Crippen LogP contribution in [0.25, 0.3) is 0 Å². The number of rotatable bonds is 7. The zero-order valence-corrected chi connectivity index (χ0v) is 14.3. The van der Waals surface area contributed by atoms with Crippen LogP contribution in [-0.2, 0) is 6.54 Å². The zero-order chi connectivity index (χ0) is 16.3. The molecule has 0 atom stereocenters. The summed E-state index contributed by atoms with van der Waals surface area (Å²) in [6.07, 6.45) is 5.58. The Labute approximate surface area is 138 Å². The number of nitrogens with one attached hydrogen (secondary N) is 2. The fourth-order valence-corrected chi connectivity index (χ4v) is 3.24. The van der Waals surface area contributed by atoms with Crippen LogP contribution >= 0.6 is 0 Å². The van der Waals surface area contributed by atoms with Crippen LogP contribution in [0.3, 0.4) is 0 Å². The number of benzene rings is 1. The molecule has 1 aromatic carbocycles. The van der Waals surface area contributed by atoms with Gasteiger partial charge in [-0.25, -0.2) is 0 Å². The summed E-state index contributed by atoms with van der Waals surface area (Å²) >= 11 is 0. The Bertz CT molecular complexity index is 578. The molecule has 2 fully saturated rings. The van der Waals surface area contributed by atoms with Gasteiger partial charge in [0.2, 0.25) is 0 Å². The van der Waals surface area contributed by atoms with Gasteiger partial charge in [0.25, 0.3) is 0 Å². The summed E-state index contributed by atoms with van der Waals surface area (Å²) < 4.78 is 10.6. The number of guanidine groups is 1. The van der Waals surface area contributed by atoms with Gasteiger partial charge < -0.3 is 20.1 Å². The normalized spacial score (nSPS) is 19.2. The van der Waals surface area contributed by atoms with Crippen LogP contribution in [0.5, 0.6) is 11.5 Å². The molecule has 3 rings (SSSR count). The predicted octanol–water partition coefficient (Wildman–Crippen LogP) is 2.56. The van der Waals surface area contributed by atoms with Crippen LogP contribution in [0.1, 0.15) is 31.2 Å². The summed E-state index contributed by atoms with van der Waals surface area (Å²) in [6, 6.07) is 5.96. The topological polar surface area (TPSA) is 54.9 Å². The van der Waals surface area contributed by atoms with Crippen molar-refractivity contribution < 1.29 is 9.47 Å². The van der Waals surface area contributed by atoms with Crippen LogP contribution in [0.2, 0.25) is 0 Å². The standard InChI is InChI=1S/C18H27N3O2/c1-19-17(21-12-18(8-9-18)14-5-6-14)20-11-13-4-7-15(22-2)16(10-13)23-3/h4,7,10,14H,5-6,8-9,11-12H2,1-3H3,(H2,19,20,21). The van der Waals surface area contributed by atoms with Crippen LogP contribution in [-0.4, -0.2) is 33.8 Å². The van der Waals surface area contributed by atoms with E-state index in [1.54, 1.807) is 14.2 Å². The zero-order valence-electron chi connectivity index (χ0n) is 14.3. The summed E-state index contributed by atoms with van der Waals surface area (Å²) in [7, 11) is 5.12. The van der Waals surface area contributed by atoms with E-state index in [-0.39, 0.29) is 0 Å². The van der Waals surface area contributed by atoms with Gasteiger partial charge in [-0.3, -0.25) is 4.99 Å². The molecule has 23 heavy (non-hydrogen) atoms. The van der Waals surface area contributed by atoms with Crippen molar-refractivity contribution in [3.63, 3.8) is 0 Å². The molecule has 0 bridgehead atoms. The third-order valence-electron chi connectivity index (χ3n) is 5.08. The van der Waals surface area contributed by atoms with E-state index in [0.717, 1.165) is 35.5 Å². The number of ether oxygens (including phenoxy) is 2. The molecule has 2 aliphatic rings. The second-order valence-corrected chi connectivity index (χ2v) is 6.61. The Morgan fingerprint density at radius 1 is 1.17 bits per heavy atom. The van der Waals surface area contributed by atoms with E-state index >= 15 is 0 Å². The molecule has 2 aliphatic carbocycles. The van der Waals surface area contributed by atoms with Crippen molar-refractivity contribution in [3.05, 3.63) is 23.8 Å². The van der Waals surface area contributed by atoms with Crippen molar-refractivity contribution in [2.45, 2.75) is 32.2 Å². The summed E-state index contributed by atoms with van der Waals surface area (Å²) in [4.78, 5) is 4.33. The molecule has 2 N–H and O–H groups in total. The molecule has 0 aromatic heterocycles. The molecule has 5 heteroatoms. The van der Waals surface area contributed by atoms with Crippen molar-refractivity contribution in [3.8, 4) is 11.5 Å². The Kier molecular flexibility index (Phi) is 4.64. The molecule has 0 spiro atoms. The van der Waals surface area contributed by atoms with Crippen LogP contribution in [0.4, 0.5) is 0 Å². The third-order valence-corrected chi connectivity index (χ3v) is 5.08. The highest BCUT2D eigenvalue weighted by Crippen LogP contribution is 2.60. The van der Waals surface area contributed by atoms with Crippen molar-refractivity contribution in [2.75, 3.05) is 27.8 Å². The lowest BCUT2D eigenvalue weighted by atomic mass is 10.0. The highest BCUT2D eigenvalue weighted by atomic mass is 16.5. The summed E-state index contributed by atoms with van der Waals surface area (Å²) in [6.45, 7) is 1.75. The van der Waals surface area contributed by atoms with Gasteiger partial charge in [0.05, 0.1) is 14.2 Å². The third kappa shape index (κ3) is 3.71. The van der Waals surface area contributed by atoms with Crippen LogP contribution < -0.4 is 20.1 Å². The van der Waals surface area contributed by atoms with E-state index < -0.39 is 0 Å². The van der Waals surface area contributed by atoms with Gasteiger partial charge in [-0.2, -0.15) is 0 Å². The Morgan fingerprint density at radius 3 is 2.48 bits per heavy atom. The van der Waals surface area contributed by atoms with Crippen molar-refractivity contribution >= 4 is 5.96 Å². The first kappa shape index (κ1) is 16.0. The molecule has 0 amide bonds. The van der Waals surface area contributed by atoms with E-state index in [1.165, 1.54) is 25.7 Å². The number of hydrogen-bond acceptors (Lipinski definition) is 3. The summed E-state index contributed by atoms with van der Waals surface area (Å²) in [5, 5.41) is 6.87. The second-order valence-electron chi connectivity index (χ2n) is 6.61. The summed E-state index contributed by atoms with van der Waals surface area (Å²) in [5.74, 6) is 3.32. The molecular formula is C18H27N3O2. The first-order chi connectivity index (χ1) is 11.2. The molecular weight excluding hydrogens is 290 g/mol. The monoisotopic (exact) mass is 317 g/mol. The maximum absolute atomic E-state index is 5.35. The van der Waals surface area contributed by atoms with Crippen molar-refractivity contribution in [2.24, 2.45) is 16.3 Å². The molecule has 0 saturated heterocycles. The van der Waals surface area contributed by atoms with Crippen molar-refractivity contribution in [1.29, 1.82) is 0 Å². The Morgan fingerprint density at radius 2 is 1.91 bits per heavy atom. The largest absolute Gasteiger partial charge is 0.493 e. The molecule has 126 valence electrons. The van der Waals surface area contributed by atoms with Gasteiger partial charge in [0.15, 0.2) is 17.5 Å². The minimum Gasteiger partial charge on any atom is -0.493 e. The number of nitrogens with zero attached hydrogens (tertiary/aromatic N) is 1. The van der Waals surface area contributed by atoms with Gasteiger partial charge >= 0.3 is 0 Å². The Hall–Kier alpha value is -1.91. The molecule has 0 heterocycles. The lowest BCUT2D eigenvalue weighted by molar-refractivity contribution is 0.354. The maximum Gasteiger partial charge on any atom is 0.191 e. The Balaban J connectivity index is 1.51. The van der Waals surface area contributed by atoms with Gasteiger partial charge in [-0.05, 0) is 54.7 Å². The number of hydrogen-bond donors (Lipinski definition) is 2. The SMILES string of the molecule is CN=C(NCc1ccc(OC)c(OC)c1)NCC1(C2CC2)CC1. The van der Waals surface area contributed by atoms with Crippen molar-refractivity contribution in [1.82, 2.24) is 10.6 Å². The first-order valence-electron chi connectivity index (χ1n) is 8.36. The highest BCUT2D eigenvalue weighted by molar-refractivity contribution is 5.79. The fourth-order valence-electron chi connectivity index (χ4n) is 3.24. The van der Waals surface area contributed by atoms with E-state index in [9.17, 15) is 0 Å². The van der Waals surface area contributed by atoms with Gasteiger partial charge in [-0.1, -0.05) is 6.07 Å². The molecule has 0 aliphatic heterocycles. The maximum atomic E-state index is 5.35. The average Bonchev–Trinajstić information content (AvgIpc) is 3.47. The minimum absolute atomic E-state index is 0.570. The first-order valence-corrected chi connectivity index (χ1v) is 8.36. The van der Waals surface area contributed by atoms with Gasteiger partial charge in [-0.15, -0.1) is 0 Å². The lowest BCUT2D eigenvalue weighted by Gasteiger charge is -2.18. The highest BCUT2D eigenvalue weighted by Gasteiger charge is 2.53. The minimum atomic E-state index is 0.570. The smallest absolute Gasteiger partial charge is 0.191 e. The molecule has 2 saturated carbocycles. The fraction of sp³-hybridized carbons (Fsp3) is 0.611. The molecule has 1 aromatic rings. The van der Waals surface area contributed by atoms with E-state index in [2.05, 4.69) is 15.6 Å². The summed E-state index contributed by atoms with van der Waals surface area (Å²) in [5.41, 5.74) is 1.70. The predicted molar refractivity (Wildman–Crippen MR) is 92.1 cm³/mol. The quantitative estimate of drug-likeness (QED) is 0.599. The number of methoxy groups -OCH3 is 2. The van der Waals surface area contributed by atoms with E-state index in [4.69, 9.17) is 9.47 Å². The molecule has 5 nitrogen and oxygen atoms in total. The van der Waals surface area contributed by atoms with Gasteiger partial charge in [0.1, 0.15) is 0 Å². The number of aliphatic imine (C=N–C) groups is 1. The van der Waals surface area contributed by atoms with E-state index in [1.807, 2.05) is 25.2 Å². The molecule has 0 radical (unpaired) electrons. The van der Waals surface area contributed by atoms with Crippen LogP contribution in [0.15, 0.2) is 23.2 Å². The van der Waals surface area contributed by atoms with E-state index in [0.29, 0.717) is 12.0 Å². The van der Waals surface area contributed by atoms with Crippen LogP contribution in [0, 0.1) is 11.3 Å². The lowest BCUT2D eigenvalue weighted by Crippen LogP contribution is -2.40. The average molecular weight is 317 g/mol.